The third-order valence-corrected chi connectivity index (χ3v) is 4.47. The Morgan fingerprint density at radius 1 is 1.27 bits per heavy atom. The van der Waals surface area contributed by atoms with Gasteiger partial charge >= 0.3 is 0 Å². The van der Waals surface area contributed by atoms with Crippen LogP contribution in [0.25, 0.3) is 0 Å². The van der Waals surface area contributed by atoms with Crippen LogP contribution in [-0.2, 0) is 17.8 Å². The molecular formula is C18H29N3O. The average molecular weight is 303 g/mol. The van der Waals surface area contributed by atoms with Crippen molar-refractivity contribution in [1.82, 2.24) is 10.2 Å². The van der Waals surface area contributed by atoms with E-state index >= 15 is 0 Å². The Kier molecular flexibility index (Phi) is 6.87. The molecule has 0 aromatic heterocycles. The number of hydrogen-bond donors (Lipinski definition) is 2. The Morgan fingerprint density at radius 3 is 2.68 bits per heavy atom. The number of piperidine rings is 1. The maximum atomic E-state index is 11.6. The maximum absolute atomic E-state index is 11.6. The normalized spacial score (nSPS) is 19.1. The molecule has 1 aromatic carbocycles. The van der Waals surface area contributed by atoms with Gasteiger partial charge in [0.1, 0.15) is 0 Å². The van der Waals surface area contributed by atoms with Gasteiger partial charge in [-0.2, -0.15) is 0 Å². The highest BCUT2D eigenvalue weighted by Crippen LogP contribution is 2.19. The molecule has 1 aliphatic rings. The summed E-state index contributed by atoms with van der Waals surface area (Å²) >= 11 is 0. The zero-order chi connectivity index (χ0) is 15.8. The van der Waals surface area contributed by atoms with Crippen LogP contribution in [0.3, 0.4) is 0 Å². The van der Waals surface area contributed by atoms with Gasteiger partial charge in [0.25, 0.3) is 0 Å². The van der Waals surface area contributed by atoms with E-state index in [4.69, 9.17) is 5.73 Å². The summed E-state index contributed by atoms with van der Waals surface area (Å²) in [4.78, 5) is 14.1. The summed E-state index contributed by atoms with van der Waals surface area (Å²) in [6.07, 6.45) is 5.17. The molecule has 1 heterocycles. The van der Waals surface area contributed by atoms with Crippen LogP contribution in [0.15, 0.2) is 24.3 Å². The second kappa shape index (κ2) is 8.91. The first kappa shape index (κ1) is 17.0. The van der Waals surface area contributed by atoms with Gasteiger partial charge in [-0.3, -0.25) is 9.69 Å². The third-order valence-electron chi connectivity index (χ3n) is 4.47. The van der Waals surface area contributed by atoms with Gasteiger partial charge in [0, 0.05) is 32.1 Å². The molecule has 1 amide bonds. The summed E-state index contributed by atoms with van der Waals surface area (Å²) in [7, 11) is 0. The molecule has 2 rings (SSSR count). The first-order valence-corrected chi connectivity index (χ1v) is 8.51. The molecule has 122 valence electrons. The number of aryl methyl sites for hydroxylation is 1. The lowest BCUT2D eigenvalue weighted by atomic mass is 10.0. The fourth-order valence-electron chi connectivity index (χ4n) is 3.07. The fraction of sp³-hybridized carbons (Fsp3) is 0.611. The Bertz CT molecular complexity index is 458. The van der Waals surface area contributed by atoms with E-state index in [1.165, 1.54) is 24.0 Å². The molecule has 22 heavy (non-hydrogen) atoms. The SMILES string of the molecule is CCc1ccc(CN2CCCCC2CNC(=O)CCN)cc1. The second-order valence-electron chi connectivity index (χ2n) is 6.13. The zero-order valence-corrected chi connectivity index (χ0v) is 13.7. The number of likely N-dealkylation sites (tertiary alicyclic amines) is 1. The second-order valence-corrected chi connectivity index (χ2v) is 6.13. The summed E-state index contributed by atoms with van der Waals surface area (Å²) in [6, 6.07) is 9.35. The largest absolute Gasteiger partial charge is 0.354 e. The lowest BCUT2D eigenvalue weighted by Crippen LogP contribution is -2.46. The standard InChI is InChI=1S/C18H29N3O/c1-2-15-6-8-16(9-7-15)14-21-12-4-3-5-17(21)13-20-18(22)10-11-19/h6-9,17H,2-5,10-14,19H2,1H3,(H,20,22). The van der Waals surface area contributed by atoms with Crippen molar-refractivity contribution >= 4 is 5.91 Å². The van der Waals surface area contributed by atoms with Crippen molar-refractivity contribution < 1.29 is 4.79 Å². The van der Waals surface area contributed by atoms with Crippen molar-refractivity contribution in [3.05, 3.63) is 35.4 Å². The van der Waals surface area contributed by atoms with Gasteiger partial charge in [-0.05, 0) is 36.9 Å². The highest BCUT2D eigenvalue weighted by molar-refractivity contribution is 5.76. The predicted octanol–water partition coefficient (Wildman–Crippen LogP) is 2.07. The molecule has 0 bridgehead atoms. The van der Waals surface area contributed by atoms with Crippen LogP contribution in [0.1, 0.15) is 43.7 Å². The summed E-state index contributed by atoms with van der Waals surface area (Å²) in [5, 5.41) is 3.03. The van der Waals surface area contributed by atoms with E-state index in [0.717, 1.165) is 32.5 Å². The van der Waals surface area contributed by atoms with E-state index in [1.807, 2.05) is 0 Å². The number of hydrogen-bond acceptors (Lipinski definition) is 3. The van der Waals surface area contributed by atoms with E-state index in [0.29, 0.717) is 19.0 Å². The minimum atomic E-state index is 0.0697. The van der Waals surface area contributed by atoms with E-state index in [9.17, 15) is 4.79 Å². The molecule has 1 fully saturated rings. The first-order valence-electron chi connectivity index (χ1n) is 8.51. The van der Waals surface area contributed by atoms with Crippen LogP contribution in [0, 0.1) is 0 Å². The van der Waals surface area contributed by atoms with E-state index < -0.39 is 0 Å². The lowest BCUT2D eigenvalue weighted by Gasteiger charge is -2.36. The van der Waals surface area contributed by atoms with Crippen LogP contribution in [0.5, 0.6) is 0 Å². The smallest absolute Gasteiger partial charge is 0.221 e. The van der Waals surface area contributed by atoms with Crippen molar-refractivity contribution in [2.75, 3.05) is 19.6 Å². The number of carbonyl (C=O) groups is 1. The van der Waals surface area contributed by atoms with Gasteiger partial charge in [-0.15, -0.1) is 0 Å². The Labute approximate surface area is 134 Å². The number of nitrogens with two attached hydrogens (primary N) is 1. The summed E-state index contributed by atoms with van der Waals surface area (Å²) < 4.78 is 0. The summed E-state index contributed by atoms with van der Waals surface area (Å²) in [5.41, 5.74) is 8.16. The van der Waals surface area contributed by atoms with Crippen LogP contribution >= 0.6 is 0 Å². The van der Waals surface area contributed by atoms with Crippen molar-refractivity contribution in [3.63, 3.8) is 0 Å². The lowest BCUT2D eigenvalue weighted by molar-refractivity contribution is -0.121. The first-order chi connectivity index (χ1) is 10.7. The highest BCUT2D eigenvalue weighted by Gasteiger charge is 2.22. The van der Waals surface area contributed by atoms with Gasteiger partial charge in [0.2, 0.25) is 5.91 Å². The number of benzene rings is 1. The van der Waals surface area contributed by atoms with E-state index in [1.54, 1.807) is 0 Å². The molecular weight excluding hydrogens is 274 g/mol. The van der Waals surface area contributed by atoms with Gasteiger partial charge < -0.3 is 11.1 Å². The quantitative estimate of drug-likeness (QED) is 0.811. The topological polar surface area (TPSA) is 58.4 Å². The van der Waals surface area contributed by atoms with Gasteiger partial charge in [-0.25, -0.2) is 0 Å². The molecule has 1 aliphatic heterocycles. The molecule has 0 aliphatic carbocycles. The molecule has 3 N–H and O–H groups in total. The molecule has 0 saturated carbocycles. The van der Waals surface area contributed by atoms with Crippen LogP contribution in [0.4, 0.5) is 0 Å². The van der Waals surface area contributed by atoms with Gasteiger partial charge in [-0.1, -0.05) is 37.6 Å². The van der Waals surface area contributed by atoms with E-state index in [-0.39, 0.29) is 5.91 Å². The molecule has 4 heteroatoms. The number of rotatable bonds is 7. The van der Waals surface area contributed by atoms with Gasteiger partial charge in [0.15, 0.2) is 0 Å². The van der Waals surface area contributed by atoms with E-state index in [2.05, 4.69) is 41.4 Å². The average Bonchev–Trinajstić information content (AvgIpc) is 2.55. The zero-order valence-electron chi connectivity index (χ0n) is 13.7. The van der Waals surface area contributed by atoms with Crippen LogP contribution in [-0.4, -0.2) is 36.5 Å². The molecule has 1 unspecified atom stereocenters. The highest BCUT2D eigenvalue weighted by atomic mass is 16.1. The minimum Gasteiger partial charge on any atom is -0.354 e. The van der Waals surface area contributed by atoms with Crippen molar-refractivity contribution in [2.45, 2.75) is 51.6 Å². The number of carbonyl (C=O) groups excluding carboxylic acids is 1. The third kappa shape index (κ3) is 5.11. The van der Waals surface area contributed by atoms with Crippen molar-refractivity contribution in [3.8, 4) is 0 Å². The van der Waals surface area contributed by atoms with Crippen molar-refractivity contribution in [1.29, 1.82) is 0 Å². The Morgan fingerprint density at radius 2 is 2.00 bits per heavy atom. The fourth-order valence-corrected chi connectivity index (χ4v) is 3.07. The number of amides is 1. The minimum absolute atomic E-state index is 0.0697. The van der Waals surface area contributed by atoms with Crippen LogP contribution < -0.4 is 11.1 Å². The van der Waals surface area contributed by atoms with Crippen LogP contribution in [0.2, 0.25) is 0 Å². The maximum Gasteiger partial charge on any atom is 0.221 e. The Hall–Kier alpha value is -1.39. The molecule has 1 atom stereocenters. The Balaban J connectivity index is 1.89. The molecule has 0 spiro atoms. The summed E-state index contributed by atoms with van der Waals surface area (Å²) in [5.74, 6) is 0.0697. The molecule has 0 radical (unpaired) electrons. The van der Waals surface area contributed by atoms with Gasteiger partial charge in [0.05, 0.1) is 0 Å². The number of nitrogens with one attached hydrogen (secondary N) is 1. The number of nitrogens with zero attached hydrogens (tertiary/aromatic N) is 1. The van der Waals surface area contributed by atoms with Crippen molar-refractivity contribution in [2.24, 2.45) is 5.73 Å². The monoisotopic (exact) mass is 303 g/mol. The predicted molar refractivity (Wildman–Crippen MR) is 90.6 cm³/mol. The summed E-state index contributed by atoms with van der Waals surface area (Å²) in [6.45, 7) is 5.43. The molecule has 1 saturated heterocycles. The molecule has 4 nitrogen and oxygen atoms in total. The molecule has 1 aromatic rings.